The highest BCUT2D eigenvalue weighted by Crippen LogP contribution is 2.26. The summed E-state index contributed by atoms with van der Waals surface area (Å²) in [5, 5.41) is -0.536. The van der Waals surface area contributed by atoms with Crippen LogP contribution in [0.5, 0.6) is 0 Å². The van der Waals surface area contributed by atoms with Gasteiger partial charge in [0.2, 0.25) is 0 Å². The van der Waals surface area contributed by atoms with E-state index in [9.17, 15) is 8.42 Å². The van der Waals surface area contributed by atoms with Crippen molar-refractivity contribution in [1.29, 1.82) is 0 Å². The number of hydrogen-bond acceptors (Lipinski definition) is 2. The molecule has 2 nitrogen and oxygen atoms in total. The van der Waals surface area contributed by atoms with E-state index in [-0.39, 0.29) is 5.75 Å². The van der Waals surface area contributed by atoms with Crippen LogP contribution in [0.15, 0.2) is 59.5 Å². The number of alkyl halides is 1. The summed E-state index contributed by atoms with van der Waals surface area (Å²) in [5.74, 6) is -0.0938. The molecule has 0 saturated carbocycles. The number of sulfone groups is 1. The van der Waals surface area contributed by atoms with Crippen LogP contribution < -0.4 is 0 Å². The topological polar surface area (TPSA) is 34.1 Å². The molecule has 4 heteroatoms. The van der Waals surface area contributed by atoms with E-state index in [0.29, 0.717) is 4.90 Å². The standard InChI is InChI=1S/C15H15ClO2S/c1-12-7-5-6-10-15(12)19(17,18)11-14(16)13-8-3-2-4-9-13/h2-10,14H,11H2,1H3/t14-/m0/s1. The van der Waals surface area contributed by atoms with Gasteiger partial charge in [-0.15, -0.1) is 11.6 Å². The van der Waals surface area contributed by atoms with Crippen molar-refractivity contribution in [3.63, 3.8) is 0 Å². The maximum Gasteiger partial charge on any atom is 0.180 e. The largest absolute Gasteiger partial charge is 0.224 e. The van der Waals surface area contributed by atoms with Crippen LogP contribution in [0.3, 0.4) is 0 Å². The first-order chi connectivity index (χ1) is 9.00. The summed E-state index contributed by atoms with van der Waals surface area (Å²) >= 11 is 6.21. The Bertz CT molecular complexity index is 651. The summed E-state index contributed by atoms with van der Waals surface area (Å²) in [6.45, 7) is 1.79. The Balaban J connectivity index is 2.26. The molecule has 0 aliphatic rings. The maximum absolute atomic E-state index is 12.4. The zero-order valence-corrected chi connectivity index (χ0v) is 12.2. The molecule has 0 unspecified atom stereocenters. The van der Waals surface area contributed by atoms with Crippen molar-refractivity contribution < 1.29 is 8.42 Å². The van der Waals surface area contributed by atoms with Crippen molar-refractivity contribution >= 4 is 21.4 Å². The zero-order valence-electron chi connectivity index (χ0n) is 10.6. The van der Waals surface area contributed by atoms with E-state index in [1.54, 1.807) is 25.1 Å². The summed E-state index contributed by atoms with van der Waals surface area (Å²) in [4.78, 5) is 0.358. The van der Waals surface area contributed by atoms with Crippen molar-refractivity contribution in [2.24, 2.45) is 0 Å². The molecule has 0 amide bonds. The summed E-state index contributed by atoms with van der Waals surface area (Å²) in [6.07, 6.45) is 0. The van der Waals surface area contributed by atoms with Crippen LogP contribution in [-0.2, 0) is 9.84 Å². The molecule has 2 aromatic rings. The van der Waals surface area contributed by atoms with Crippen LogP contribution in [0, 0.1) is 6.92 Å². The normalized spacial score (nSPS) is 13.2. The molecule has 0 aliphatic carbocycles. The van der Waals surface area contributed by atoms with Crippen LogP contribution in [0.4, 0.5) is 0 Å². The molecule has 0 fully saturated rings. The van der Waals surface area contributed by atoms with Crippen molar-refractivity contribution in [3.8, 4) is 0 Å². The predicted octanol–water partition coefficient (Wildman–Crippen LogP) is 3.75. The number of hydrogen-bond donors (Lipinski definition) is 0. The molecule has 0 bridgehead atoms. The Morgan fingerprint density at radius 3 is 2.21 bits per heavy atom. The lowest BCUT2D eigenvalue weighted by Gasteiger charge is -2.12. The Morgan fingerprint density at radius 2 is 1.58 bits per heavy atom. The first kappa shape index (κ1) is 14.1. The molecule has 100 valence electrons. The molecular formula is C15H15ClO2S. The fraction of sp³-hybridized carbons (Fsp3) is 0.200. The van der Waals surface area contributed by atoms with E-state index >= 15 is 0 Å². The van der Waals surface area contributed by atoms with Gasteiger partial charge in [0.25, 0.3) is 0 Å². The van der Waals surface area contributed by atoms with Gasteiger partial charge >= 0.3 is 0 Å². The fourth-order valence-electron chi connectivity index (χ4n) is 1.95. The Morgan fingerprint density at radius 1 is 1.00 bits per heavy atom. The van der Waals surface area contributed by atoms with Crippen molar-refractivity contribution in [2.45, 2.75) is 17.2 Å². The van der Waals surface area contributed by atoms with Gasteiger partial charge in [0.05, 0.1) is 16.0 Å². The number of benzene rings is 2. The van der Waals surface area contributed by atoms with Gasteiger partial charge in [-0.05, 0) is 24.1 Å². The quantitative estimate of drug-likeness (QED) is 0.805. The van der Waals surface area contributed by atoms with Crippen LogP contribution in [0.1, 0.15) is 16.5 Å². The molecule has 1 atom stereocenters. The zero-order chi connectivity index (χ0) is 13.9. The van der Waals surface area contributed by atoms with Gasteiger partial charge in [0, 0.05) is 0 Å². The Hall–Kier alpha value is -1.32. The van der Waals surface area contributed by atoms with Gasteiger partial charge in [-0.3, -0.25) is 0 Å². The van der Waals surface area contributed by atoms with Crippen LogP contribution in [0.2, 0.25) is 0 Å². The van der Waals surface area contributed by atoms with Gasteiger partial charge in [0.1, 0.15) is 0 Å². The average Bonchev–Trinajstić information content (AvgIpc) is 2.39. The highest BCUT2D eigenvalue weighted by molar-refractivity contribution is 7.91. The van der Waals surface area contributed by atoms with Crippen molar-refractivity contribution in [2.75, 3.05) is 5.75 Å². The summed E-state index contributed by atoms with van der Waals surface area (Å²) in [5.41, 5.74) is 1.57. The third kappa shape index (κ3) is 3.37. The molecule has 0 N–H and O–H groups in total. The van der Waals surface area contributed by atoms with Gasteiger partial charge < -0.3 is 0 Å². The van der Waals surface area contributed by atoms with Gasteiger partial charge in [0.15, 0.2) is 9.84 Å². The highest BCUT2D eigenvalue weighted by atomic mass is 35.5. The first-order valence-corrected chi connectivity index (χ1v) is 8.07. The Labute approximate surface area is 119 Å². The number of halogens is 1. The minimum atomic E-state index is -3.37. The van der Waals surface area contributed by atoms with Crippen LogP contribution in [-0.4, -0.2) is 14.2 Å². The lowest BCUT2D eigenvalue weighted by atomic mass is 10.2. The van der Waals surface area contributed by atoms with E-state index in [4.69, 9.17) is 11.6 Å². The smallest absolute Gasteiger partial charge is 0.180 e. The van der Waals surface area contributed by atoms with Gasteiger partial charge in [-0.1, -0.05) is 48.5 Å². The molecule has 0 radical (unpaired) electrons. The van der Waals surface area contributed by atoms with Crippen LogP contribution >= 0.6 is 11.6 Å². The molecule has 2 aromatic carbocycles. The lowest BCUT2D eigenvalue weighted by Crippen LogP contribution is -2.12. The second-order valence-corrected chi connectivity index (χ2v) is 6.95. The predicted molar refractivity (Wildman–Crippen MR) is 78.3 cm³/mol. The summed E-state index contributed by atoms with van der Waals surface area (Å²) in [6, 6.07) is 16.2. The van der Waals surface area contributed by atoms with E-state index in [2.05, 4.69) is 0 Å². The SMILES string of the molecule is Cc1ccccc1S(=O)(=O)C[C@H](Cl)c1ccccc1. The lowest BCUT2D eigenvalue weighted by molar-refractivity contribution is 0.594. The molecule has 0 spiro atoms. The average molecular weight is 295 g/mol. The maximum atomic E-state index is 12.4. The van der Waals surface area contributed by atoms with Gasteiger partial charge in [-0.2, -0.15) is 0 Å². The molecular weight excluding hydrogens is 280 g/mol. The van der Waals surface area contributed by atoms with E-state index < -0.39 is 15.2 Å². The molecule has 0 saturated heterocycles. The minimum Gasteiger partial charge on any atom is -0.224 e. The second kappa shape index (κ2) is 5.76. The van der Waals surface area contributed by atoms with Gasteiger partial charge in [-0.25, -0.2) is 8.42 Å². The van der Waals surface area contributed by atoms with Crippen LogP contribution in [0.25, 0.3) is 0 Å². The second-order valence-electron chi connectivity index (χ2n) is 4.43. The highest BCUT2D eigenvalue weighted by Gasteiger charge is 2.22. The number of aryl methyl sites for hydroxylation is 1. The van der Waals surface area contributed by atoms with E-state index in [1.165, 1.54) is 0 Å². The molecule has 2 rings (SSSR count). The first-order valence-electron chi connectivity index (χ1n) is 5.98. The molecule has 0 heterocycles. The van der Waals surface area contributed by atoms with Crippen molar-refractivity contribution in [3.05, 3.63) is 65.7 Å². The molecule has 0 aliphatic heterocycles. The fourth-order valence-corrected chi connectivity index (χ4v) is 4.19. The molecule has 19 heavy (non-hydrogen) atoms. The summed E-state index contributed by atoms with van der Waals surface area (Å²) < 4.78 is 24.7. The monoisotopic (exact) mass is 294 g/mol. The third-order valence-corrected chi connectivity index (χ3v) is 5.45. The number of rotatable bonds is 4. The van der Waals surface area contributed by atoms with Crippen molar-refractivity contribution in [1.82, 2.24) is 0 Å². The van der Waals surface area contributed by atoms with E-state index in [0.717, 1.165) is 11.1 Å². The third-order valence-electron chi connectivity index (χ3n) is 2.96. The molecule has 0 aromatic heterocycles. The Kier molecular flexibility index (Phi) is 4.27. The van der Waals surface area contributed by atoms with E-state index in [1.807, 2.05) is 36.4 Å². The summed E-state index contributed by atoms with van der Waals surface area (Å²) in [7, 11) is -3.37. The minimum absolute atomic E-state index is 0.0938.